The van der Waals surface area contributed by atoms with Crippen LogP contribution in [0.5, 0.6) is 5.75 Å². The van der Waals surface area contributed by atoms with Crippen molar-refractivity contribution >= 4 is 32.4 Å². The summed E-state index contributed by atoms with van der Waals surface area (Å²) in [6.07, 6.45) is 1.58. The van der Waals surface area contributed by atoms with Crippen LogP contribution in [0.1, 0.15) is 0 Å². The predicted molar refractivity (Wildman–Crippen MR) is 79.6 cm³/mol. The van der Waals surface area contributed by atoms with Crippen LogP contribution in [-0.4, -0.2) is 21.6 Å². The largest absolute Gasteiger partial charge is 0.493 e. The fraction of sp³-hybridized carbons (Fsp3) is 0.154. The van der Waals surface area contributed by atoms with Gasteiger partial charge in [-0.2, -0.15) is 0 Å². The first kappa shape index (κ1) is 14.0. The van der Waals surface area contributed by atoms with E-state index in [1.165, 1.54) is 0 Å². The summed E-state index contributed by atoms with van der Waals surface area (Å²) in [7, 11) is -1.25. The van der Waals surface area contributed by atoms with Crippen LogP contribution in [0.2, 0.25) is 0 Å². The molecule has 0 radical (unpaired) electrons. The second-order valence-electron chi connectivity index (χ2n) is 3.75. The summed E-state index contributed by atoms with van der Waals surface area (Å²) in [5, 5.41) is 0.417. The third-order valence-corrected chi connectivity index (χ3v) is 4.15. The predicted octanol–water partition coefficient (Wildman–Crippen LogP) is 2.61. The molecule has 1 atom stereocenters. The Kier molecular flexibility index (Phi) is 4.93. The number of hydrogen-bond acceptors (Lipinski definition) is 4. The molecule has 2 aromatic rings. The third-order valence-electron chi connectivity index (χ3n) is 2.35. The monoisotopic (exact) mass is 340 g/mol. The Morgan fingerprint density at radius 1 is 1.32 bits per heavy atom. The highest BCUT2D eigenvalue weighted by molar-refractivity contribution is 9.10. The van der Waals surface area contributed by atoms with Crippen LogP contribution in [0.25, 0.3) is 0 Å². The van der Waals surface area contributed by atoms with Gasteiger partial charge in [-0.15, -0.1) is 0 Å². The third kappa shape index (κ3) is 4.04. The molecule has 2 N–H and O–H groups in total. The molecule has 2 rings (SSSR count). The van der Waals surface area contributed by atoms with E-state index < -0.39 is 10.8 Å². The summed E-state index contributed by atoms with van der Waals surface area (Å²) in [5.74, 6) is 1.09. The first-order valence-electron chi connectivity index (χ1n) is 5.64. The number of benzene rings is 1. The van der Waals surface area contributed by atoms with Crippen LogP contribution in [0.3, 0.4) is 0 Å². The molecule has 0 saturated carbocycles. The van der Waals surface area contributed by atoms with Crippen LogP contribution in [0, 0.1) is 0 Å². The minimum atomic E-state index is -1.25. The van der Waals surface area contributed by atoms with E-state index in [0.717, 1.165) is 10.2 Å². The van der Waals surface area contributed by atoms with Crippen molar-refractivity contribution in [3.63, 3.8) is 0 Å². The Labute approximate surface area is 122 Å². The van der Waals surface area contributed by atoms with Gasteiger partial charge >= 0.3 is 0 Å². The zero-order valence-corrected chi connectivity index (χ0v) is 12.5. The molecule has 19 heavy (non-hydrogen) atoms. The average Bonchev–Trinajstić information content (AvgIpc) is 2.39. The maximum Gasteiger partial charge on any atom is 0.150 e. The number of nitrogens with two attached hydrogens (primary N) is 1. The molecular formula is C13H13BrN2O2S. The highest BCUT2D eigenvalue weighted by Crippen LogP contribution is 2.18. The number of halogens is 1. The molecule has 1 heterocycles. The van der Waals surface area contributed by atoms with Gasteiger partial charge in [0.05, 0.1) is 22.2 Å². The average molecular weight is 341 g/mol. The van der Waals surface area contributed by atoms with Gasteiger partial charge in [-0.25, -0.2) is 4.98 Å². The van der Waals surface area contributed by atoms with Gasteiger partial charge in [0, 0.05) is 10.7 Å². The minimum Gasteiger partial charge on any atom is -0.493 e. The number of nitrogen functional groups attached to an aromatic ring is 1. The first-order chi connectivity index (χ1) is 9.16. The van der Waals surface area contributed by atoms with Crippen LogP contribution in [0.15, 0.2) is 52.1 Å². The zero-order valence-electron chi connectivity index (χ0n) is 10.1. The molecule has 4 nitrogen and oxygen atoms in total. The van der Waals surface area contributed by atoms with Gasteiger partial charge in [0.1, 0.15) is 17.4 Å². The number of anilines is 1. The van der Waals surface area contributed by atoms with Gasteiger partial charge in [-0.3, -0.25) is 4.21 Å². The van der Waals surface area contributed by atoms with Gasteiger partial charge < -0.3 is 10.5 Å². The van der Waals surface area contributed by atoms with Gasteiger partial charge in [-0.05, 0) is 30.3 Å². The zero-order chi connectivity index (χ0) is 13.7. The lowest BCUT2D eigenvalue weighted by Gasteiger charge is -2.07. The number of rotatable bonds is 5. The molecule has 0 aliphatic carbocycles. The molecule has 1 aromatic carbocycles. The number of pyridine rings is 1. The van der Waals surface area contributed by atoms with Crippen molar-refractivity contribution in [3.05, 3.63) is 47.1 Å². The van der Waals surface area contributed by atoms with Crippen LogP contribution in [0.4, 0.5) is 5.69 Å². The van der Waals surface area contributed by atoms with E-state index in [9.17, 15) is 4.21 Å². The normalized spacial score (nSPS) is 12.1. The van der Waals surface area contributed by atoms with Crippen LogP contribution >= 0.6 is 15.9 Å². The summed E-state index contributed by atoms with van der Waals surface area (Å²) in [6, 6.07) is 10.9. The van der Waals surface area contributed by atoms with Gasteiger partial charge in [-0.1, -0.05) is 22.0 Å². The standard InChI is InChI=1S/C13H13BrN2O2S/c14-10-3-1-4-11(9-10)18-7-8-19(17)13-12(15)5-2-6-16-13/h1-6,9H,7-8,15H2. The Hall–Kier alpha value is -1.40. The second kappa shape index (κ2) is 6.68. The maximum absolute atomic E-state index is 12.0. The molecule has 1 unspecified atom stereocenters. The van der Waals surface area contributed by atoms with Crippen molar-refractivity contribution in [1.29, 1.82) is 0 Å². The molecule has 0 aliphatic rings. The quantitative estimate of drug-likeness (QED) is 0.908. The van der Waals surface area contributed by atoms with Gasteiger partial charge in [0.15, 0.2) is 0 Å². The van der Waals surface area contributed by atoms with Gasteiger partial charge in [0.2, 0.25) is 0 Å². The Morgan fingerprint density at radius 2 is 2.16 bits per heavy atom. The van der Waals surface area contributed by atoms with E-state index in [0.29, 0.717) is 23.1 Å². The lowest BCUT2D eigenvalue weighted by molar-refractivity contribution is 0.342. The minimum absolute atomic E-state index is 0.346. The Balaban J connectivity index is 1.90. The smallest absolute Gasteiger partial charge is 0.150 e. The molecule has 0 fully saturated rings. The molecule has 1 aromatic heterocycles. The SMILES string of the molecule is Nc1cccnc1S(=O)CCOc1cccc(Br)c1. The van der Waals surface area contributed by atoms with E-state index in [1.54, 1.807) is 18.3 Å². The van der Waals surface area contributed by atoms with E-state index in [-0.39, 0.29) is 0 Å². The molecule has 0 aliphatic heterocycles. The van der Waals surface area contributed by atoms with Crippen molar-refractivity contribution in [3.8, 4) is 5.75 Å². The maximum atomic E-state index is 12.0. The van der Waals surface area contributed by atoms with Crippen LogP contribution in [-0.2, 0) is 10.8 Å². The van der Waals surface area contributed by atoms with Crippen LogP contribution < -0.4 is 10.5 Å². The van der Waals surface area contributed by atoms with E-state index in [2.05, 4.69) is 20.9 Å². The summed E-state index contributed by atoms with van der Waals surface area (Å²) in [5.41, 5.74) is 6.17. The Bertz CT molecular complexity index is 592. The van der Waals surface area contributed by atoms with E-state index in [4.69, 9.17) is 10.5 Å². The highest BCUT2D eigenvalue weighted by atomic mass is 79.9. The molecule has 6 heteroatoms. The molecule has 0 spiro atoms. The fourth-order valence-electron chi connectivity index (χ4n) is 1.48. The number of aromatic nitrogens is 1. The fourth-order valence-corrected chi connectivity index (χ4v) is 2.80. The summed E-state index contributed by atoms with van der Waals surface area (Å²) in [4.78, 5) is 4.03. The van der Waals surface area contributed by atoms with Crippen molar-refractivity contribution in [2.24, 2.45) is 0 Å². The summed E-state index contributed by atoms with van der Waals surface area (Å²) < 4.78 is 18.5. The van der Waals surface area contributed by atoms with Crippen molar-refractivity contribution < 1.29 is 8.95 Å². The molecular weight excluding hydrogens is 328 g/mol. The number of hydrogen-bond donors (Lipinski definition) is 1. The summed E-state index contributed by atoms with van der Waals surface area (Å²) in [6.45, 7) is 0.346. The topological polar surface area (TPSA) is 65.2 Å². The Morgan fingerprint density at radius 3 is 2.89 bits per heavy atom. The summed E-state index contributed by atoms with van der Waals surface area (Å²) >= 11 is 3.36. The first-order valence-corrected chi connectivity index (χ1v) is 7.75. The number of nitrogens with zero attached hydrogens (tertiary/aromatic N) is 1. The lowest BCUT2D eigenvalue weighted by atomic mass is 10.3. The molecule has 100 valence electrons. The lowest BCUT2D eigenvalue weighted by Crippen LogP contribution is -2.11. The van der Waals surface area contributed by atoms with E-state index >= 15 is 0 Å². The van der Waals surface area contributed by atoms with Gasteiger partial charge in [0.25, 0.3) is 0 Å². The van der Waals surface area contributed by atoms with Crippen molar-refractivity contribution in [2.45, 2.75) is 5.03 Å². The van der Waals surface area contributed by atoms with E-state index in [1.807, 2.05) is 24.3 Å². The number of ether oxygens (including phenoxy) is 1. The van der Waals surface area contributed by atoms with Crippen molar-refractivity contribution in [1.82, 2.24) is 4.98 Å². The second-order valence-corrected chi connectivity index (χ2v) is 6.15. The molecule has 0 saturated heterocycles. The van der Waals surface area contributed by atoms with Crippen molar-refractivity contribution in [2.75, 3.05) is 18.1 Å². The highest BCUT2D eigenvalue weighted by Gasteiger charge is 2.09. The molecule has 0 amide bonds. The molecule has 0 bridgehead atoms.